The van der Waals surface area contributed by atoms with Gasteiger partial charge in [-0.15, -0.1) is 0 Å². The van der Waals surface area contributed by atoms with Gasteiger partial charge in [-0.2, -0.15) is 0 Å². The number of halogens is 1. The van der Waals surface area contributed by atoms with E-state index in [4.69, 9.17) is 4.42 Å². The van der Waals surface area contributed by atoms with Gasteiger partial charge in [0.2, 0.25) is 0 Å². The highest BCUT2D eigenvalue weighted by Gasteiger charge is 2.03. The van der Waals surface area contributed by atoms with Crippen molar-refractivity contribution < 1.29 is 8.81 Å². The first kappa shape index (κ1) is 13.1. The van der Waals surface area contributed by atoms with Gasteiger partial charge in [-0.3, -0.25) is 4.99 Å². The molecule has 100 valence electrons. The number of nitrogens with one attached hydrogen (secondary N) is 2. The van der Waals surface area contributed by atoms with Crippen LogP contribution in [-0.2, 0) is 13.1 Å². The first-order chi connectivity index (χ1) is 9.29. The Hall–Kier alpha value is -2.30. The van der Waals surface area contributed by atoms with Gasteiger partial charge >= 0.3 is 0 Å². The van der Waals surface area contributed by atoms with Crippen LogP contribution in [0, 0.1) is 5.82 Å². The van der Waals surface area contributed by atoms with Crippen molar-refractivity contribution in [2.75, 3.05) is 7.05 Å². The lowest BCUT2D eigenvalue weighted by Crippen LogP contribution is -2.36. The van der Waals surface area contributed by atoms with Crippen LogP contribution < -0.4 is 10.6 Å². The van der Waals surface area contributed by atoms with Gasteiger partial charge in [0.15, 0.2) is 5.96 Å². The summed E-state index contributed by atoms with van der Waals surface area (Å²) in [6, 6.07) is 10.4. The van der Waals surface area contributed by atoms with Crippen LogP contribution in [0.25, 0.3) is 0 Å². The zero-order valence-corrected chi connectivity index (χ0v) is 10.7. The lowest BCUT2D eigenvalue weighted by Gasteiger charge is -2.11. The fourth-order valence-corrected chi connectivity index (χ4v) is 1.63. The highest BCUT2D eigenvalue weighted by molar-refractivity contribution is 5.79. The molecule has 0 atom stereocenters. The van der Waals surface area contributed by atoms with E-state index in [1.165, 1.54) is 6.07 Å². The Labute approximate surface area is 111 Å². The maximum Gasteiger partial charge on any atom is 0.191 e. The van der Waals surface area contributed by atoms with Gasteiger partial charge in [-0.05, 0) is 18.2 Å². The van der Waals surface area contributed by atoms with E-state index >= 15 is 0 Å². The lowest BCUT2D eigenvalue weighted by atomic mass is 10.2. The number of hydrogen-bond acceptors (Lipinski definition) is 2. The van der Waals surface area contributed by atoms with E-state index in [0.29, 0.717) is 24.6 Å². The summed E-state index contributed by atoms with van der Waals surface area (Å²) >= 11 is 0. The molecule has 0 fully saturated rings. The molecular weight excluding hydrogens is 245 g/mol. The molecule has 0 spiro atoms. The summed E-state index contributed by atoms with van der Waals surface area (Å²) in [6.45, 7) is 0.911. The Morgan fingerprint density at radius 1 is 1.16 bits per heavy atom. The van der Waals surface area contributed by atoms with Crippen molar-refractivity contribution in [3.05, 3.63) is 59.8 Å². The number of hydrogen-bond donors (Lipinski definition) is 2. The van der Waals surface area contributed by atoms with E-state index < -0.39 is 0 Å². The minimum absolute atomic E-state index is 0.225. The number of furan rings is 1. The largest absolute Gasteiger partial charge is 0.467 e. The van der Waals surface area contributed by atoms with Crippen molar-refractivity contribution in [1.29, 1.82) is 0 Å². The molecule has 2 aromatic rings. The molecule has 5 heteroatoms. The summed E-state index contributed by atoms with van der Waals surface area (Å²) in [6.07, 6.45) is 1.62. The van der Waals surface area contributed by atoms with Crippen molar-refractivity contribution in [1.82, 2.24) is 10.6 Å². The smallest absolute Gasteiger partial charge is 0.191 e. The molecule has 0 saturated heterocycles. The molecule has 0 aliphatic carbocycles. The predicted molar refractivity (Wildman–Crippen MR) is 72.1 cm³/mol. The molecule has 0 amide bonds. The Bertz CT molecular complexity index is 537. The monoisotopic (exact) mass is 261 g/mol. The Morgan fingerprint density at radius 3 is 2.63 bits per heavy atom. The van der Waals surface area contributed by atoms with E-state index in [1.807, 2.05) is 12.1 Å². The van der Waals surface area contributed by atoms with Gasteiger partial charge in [0, 0.05) is 19.2 Å². The third-order valence-corrected chi connectivity index (χ3v) is 2.64. The molecular formula is C14H16FN3O. The van der Waals surface area contributed by atoms with E-state index in [0.717, 1.165) is 5.76 Å². The van der Waals surface area contributed by atoms with Gasteiger partial charge in [0.05, 0.1) is 12.8 Å². The average Bonchev–Trinajstić information content (AvgIpc) is 2.94. The second-order valence-corrected chi connectivity index (χ2v) is 3.95. The molecule has 4 nitrogen and oxygen atoms in total. The first-order valence-corrected chi connectivity index (χ1v) is 6.00. The highest BCUT2D eigenvalue weighted by Crippen LogP contribution is 2.05. The minimum atomic E-state index is -0.225. The van der Waals surface area contributed by atoms with Crippen LogP contribution in [0.1, 0.15) is 11.3 Å². The van der Waals surface area contributed by atoms with Gasteiger partial charge in [-0.25, -0.2) is 4.39 Å². The van der Waals surface area contributed by atoms with Crippen LogP contribution in [-0.4, -0.2) is 13.0 Å². The van der Waals surface area contributed by atoms with Crippen molar-refractivity contribution in [2.24, 2.45) is 4.99 Å². The van der Waals surface area contributed by atoms with Crippen LogP contribution in [0.15, 0.2) is 52.1 Å². The van der Waals surface area contributed by atoms with Gasteiger partial charge < -0.3 is 15.1 Å². The standard InChI is InChI=1S/C14H16FN3O/c1-16-14(18-10-12-6-4-8-19-12)17-9-11-5-2-3-7-13(11)15/h2-8H,9-10H2,1H3,(H2,16,17,18). The summed E-state index contributed by atoms with van der Waals surface area (Å²) < 4.78 is 18.6. The molecule has 1 aromatic carbocycles. The zero-order chi connectivity index (χ0) is 13.5. The summed E-state index contributed by atoms with van der Waals surface area (Å²) in [5.74, 6) is 1.19. The maximum atomic E-state index is 13.4. The zero-order valence-electron chi connectivity index (χ0n) is 10.7. The molecule has 19 heavy (non-hydrogen) atoms. The summed E-state index contributed by atoms with van der Waals surface area (Å²) in [7, 11) is 1.67. The number of aliphatic imine (C=N–C) groups is 1. The van der Waals surface area contributed by atoms with Crippen LogP contribution >= 0.6 is 0 Å². The topological polar surface area (TPSA) is 49.6 Å². The average molecular weight is 261 g/mol. The number of rotatable bonds is 4. The van der Waals surface area contributed by atoms with Crippen LogP contribution in [0.2, 0.25) is 0 Å². The molecule has 2 rings (SSSR count). The van der Waals surface area contributed by atoms with Crippen molar-refractivity contribution in [3.63, 3.8) is 0 Å². The van der Waals surface area contributed by atoms with E-state index in [1.54, 1.807) is 31.5 Å². The molecule has 0 aliphatic rings. The quantitative estimate of drug-likeness (QED) is 0.656. The Morgan fingerprint density at radius 2 is 1.95 bits per heavy atom. The molecule has 0 unspecified atom stereocenters. The van der Waals surface area contributed by atoms with Crippen molar-refractivity contribution in [2.45, 2.75) is 13.1 Å². The van der Waals surface area contributed by atoms with Crippen molar-refractivity contribution >= 4 is 5.96 Å². The summed E-state index contributed by atoms with van der Waals surface area (Å²) in [5.41, 5.74) is 0.600. The van der Waals surface area contributed by atoms with Crippen LogP contribution in [0.4, 0.5) is 4.39 Å². The summed E-state index contributed by atoms with van der Waals surface area (Å²) in [5, 5.41) is 6.13. The fraction of sp³-hybridized carbons (Fsp3) is 0.214. The van der Waals surface area contributed by atoms with Gasteiger partial charge in [0.1, 0.15) is 11.6 Å². The molecule has 0 saturated carbocycles. The lowest BCUT2D eigenvalue weighted by molar-refractivity contribution is 0.501. The van der Waals surface area contributed by atoms with E-state index in [9.17, 15) is 4.39 Å². The highest BCUT2D eigenvalue weighted by atomic mass is 19.1. The Kier molecular flexibility index (Phi) is 4.55. The number of benzene rings is 1. The SMILES string of the molecule is CN=C(NCc1ccco1)NCc1ccccc1F. The second kappa shape index (κ2) is 6.58. The van der Waals surface area contributed by atoms with Crippen LogP contribution in [0.3, 0.4) is 0 Å². The third-order valence-electron chi connectivity index (χ3n) is 2.64. The molecule has 0 radical (unpaired) electrons. The summed E-state index contributed by atoms with van der Waals surface area (Å²) in [4.78, 5) is 4.06. The minimum Gasteiger partial charge on any atom is -0.467 e. The molecule has 0 aliphatic heterocycles. The Balaban J connectivity index is 1.85. The number of guanidine groups is 1. The third kappa shape index (κ3) is 3.84. The first-order valence-electron chi connectivity index (χ1n) is 6.00. The van der Waals surface area contributed by atoms with E-state index in [-0.39, 0.29) is 5.82 Å². The van der Waals surface area contributed by atoms with Gasteiger partial charge in [0.25, 0.3) is 0 Å². The second-order valence-electron chi connectivity index (χ2n) is 3.95. The normalized spacial score (nSPS) is 11.4. The molecule has 2 N–H and O–H groups in total. The van der Waals surface area contributed by atoms with E-state index in [2.05, 4.69) is 15.6 Å². The van der Waals surface area contributed by atoms with Gasteiger partial charge in [-0.1, -0.05) is 18.2 Å². The van der Waals surface area contributed by atoms with Crippen molar-refractivity contribution in [3.8, 4) is 0 Å². The molecule has 1 aromatic heterocycles. The fourth-order valence-electron chi connectivity index (χ4n) is 1.63. The maximum absolute atomic E-state index is 13.4. The molecule has 0 bridgehead atoms. The number of nitrogens with zero attached hydrogens (tertiary/aromatic N) is 1. The van der Waals surface area contributed by atoms with Crippen LogP contribution in [0.5, 0.6) is 0 Å². The predicted octanol–water partition coefficient (Wildman–Crippen LogP) is 2.28. The molecule has 1 heterocycles.